The summed E-state index contributed by atoms with van der Waals surface area (Å²) in [5.74, 6) is -1.25. The fourth-order valence-electron chi connectivity index (χ4n) is 2.12. The monoisotopic (exact) mass is 333 g/mol. The number of carbonyl (C=O) groups excluding carboxylic acids is 3. The van der Waals surface area contributed by atoms with E-state index in [1.165, 1.54) is 20.8 Å². The van der Waals surface area contributed by atoms with E-state index in [9.17, 15) is 14.4 Å². The molecule has 6 heteroatoms. The highest BCUT2D eigenvalue weighted by molar-refractivity contribution is 5.74. The predicted molar refractivity (Wildman–Crippen MR) is 89.9 cm³/mol. The Hall–Kier alpha value is -2.63. The van der Waals surface area contributed by atoms with Crippen molar-refractivity contribution in [1.29, 1.82) is 0 Å². The summed E-state index contributed by atoms with van der Waals surface area (Å²) in [6.45, 7) is 3.74. The van der Waals surface area contributed by atoms with Gasteiger partial charge in [0.25, 0.3) is 0 Å². The first-order valence-electron chi connectivity index (χ1n) is 7.60. The van der Waals surface area contributed by atoms with Crippen molar-refractivity contribution in [3.63, 3.8) is 0 Å². The molecule has 0 aliphatic rings. The van der Waals surface area contributed by atoms with Crippen LogP contribution in [0.25, 0.3) is 6.08 Å². The van der Waals surface area contributed by atoms with Crippen LogP contribution in [-0.4, -0.2) is 36.6 Å². The Labute approximate surface area is 141 Å². The Morgan fingerprint density at radius 2 is 1.54 bits per heavy atom. The van der Waals surface area contributed by atoms with Gasteiger partial charge in [-0.25, -0.2) is 0 Å². The summed E-state index contributed by atoms with van der Waals surface area (Å²) in [7, 11) is 0. The van der Waals surface area contributed by atoms with Crippen molar-refractivity contribution < 1.29 is 23.9 Å². The number of nitrogens with one attached hydrogen (secondary N) is 1. The van der Waals surface area contributed by atoms with E-state index >= 15 is 0 Å². The van der Waals surface area contributed by atoms with E-state index in [-0.39, 0.29) is 19.1 Å². The Morgan fingerprint density at radius 3 is 2.00 bits per heavy atom. The fraction of sp³-hybridized carbons (Fsp3) is 0.389. The van der Waals surface area contributed by atoms with Gasteiger partial charge in [-0.1, -0.05) is 42.5 Å². The minimum Gasteiger partial charge on any atom is -0.463 e. The van der Waals surface area contributed by atoms with Gasteiger partial charge in [0.05, 0.1) is 0 Å². The molecule has 0 spiro atoms. The summed E-state index contributed by atoms with van der Waals surface area (Å²) in [6, 6.07) is 9.63. The first-order valence-corrected chi connectivity index (χ1v) is 7.60. The number of carbonyl (C=O) groups is 3. The van der Waals surface area contributed by atoms with Crippen LogP contribution in [0.4, 0.5) is 0 Å². The van der Waals surface area contributed by atoms with Crippen LogP contribution in [0.3, 0.4) is 0 Å². The molecule has 0 aromatic heterocycles. The molecule has 0 radical (unpaired) electrons. The molecule has 0 fully saturated rings. The Kier molecular flexibility index (Phi) is 7.68. The van der Waals surface area contributed by atoms with Crippen LogP contribution in [0.5, 0.6) is 0 Å². The average molecular weight is 333 g/mol. The second kappa shape index (κ2) is 9.50. The van der Waals surface area contributed by atoms with Crippen LogP contribution in [0.2, 0.25) is 0 Å². The van der Waals surface area contributed by atoms with Crippen LogP contribution >= 0.6 is 0 Å². The quantitative estimate of drug-likeness (QED) is 0.737. The van der Waals surface area contributed by atoms with Gasteiger partial charge in [-0.15, -0.1) is 0 Å². The molecule has 130 valence electrons. The van der Waals surface area contributed by atoms with Crippen LogP contribution in [0.1, 0.15) is 32.8 Å². The van der Waals surface area contributed by atoms with E-state index in [1.54, 1.807) is 0 Å². The molecule has 0 unspecified atom stereocenters. The van der Waals surface area contributed by atoms with E-state index < -0.39 is 17.5 Å². The number of hydrogen-bond acceptors (Lipinski definition) is 5. The Morgan fingerprint density at radius 1 is 1.00 bits per heavy atom. The number of ether oxygens (including phenoxy) is 2. The average Bonchev–Trinajstić information content (AvgIpc) is 2.51. The van der Waals surface area contributed by atoms with Crippen molar-refractivity contribution in [2.45, 2.75) is 32.7 Å². The lowest BCUT2D eigenvalue weighted by atomic mass is 9.96. The number of rotatable bonds is 8. The molecule has 1 N–H and O–H groups in total. The highest BCUT2D eigenvalue weighted by atomic mass is 16.5. The molecule has 0 saturated carbocycles. The topological polar surface area (TPSA) is 81.7 Å². The number of benzene rings is 1. The first kappa shape index (κ1) is 19.4. The van der Waals surface area contributed by atoms with E-state index in [1.807, 2.05) is 42.5 Å². The molecule has 0 aliphatic carbocycles. The smallest absolute Gasteiger partial charge is 0.302 e. The minimum absolute atomic E-state index is 0.0890. The van der Waals surface area contributed by atoms with E-state index in [4.69, 9.17) is 9.47 Å². The van der Waals surface area contributed by atoms with Crippen molar-refractivity contribution in [3.8, 4) is 0 Å². The molecule has 6 nitrogen and oxygen atoms in total. The van der Waals surface area contributed by atoms with Gasteiger partial charge < -0.3 is 14.8 Å². The zero-order chi connectivity index (χ0) is 18.0. The Bertz CT molecular complexity index is 577. The number of amides is 1. The van der Waals surface area contributed by atoms with Gasteiger partial charge in [0.2, 0.25) is 5.91 Å². The highest BCUT2D eigenvalue weighted by Gasteiger charge is 2.33. The summed E-state index contributed by atoms with van der Waals surface area (Å²) >= 11 is 0. The Balaban J connectivity index is 2.92. The molecule has 0 heterocycles. The maximum atomic E-state index is 11.6. The maximum Gasteiger partial charge on any atom is 0.302 e. The standard InChI is InChI=1S/C18H23NO5/c1-14(20)19-18(12-23-15(2)21,13-24-16(3)22)11-7-10-17-8-5-4-6-9-17/h4-10H,11-13H2,1-3H3,(H,19,20)/b10-7+. The van der Waals surface area contributed by atoms with Gasteiger partial charge in [-0.2, -0.15) is 0 Å². The summed E-state index contributed by atoms with van der Waals surface area (Å²) < 4.78 is 10.1. The van der Waals surface area contributed by atoms with Gasteiger partial charge in [-0.3, -0.25) is 14.4 Å². The minimum atomic E-state index is -1.01. The van der Waals surface area contributed by atoms with Crippen molar-refractivity contribution in [1.82, 2.24) is 5.32 Å². The third-order valence-electron chi connectivity index (χ3n) is 3.16. The molecule has 0 aliphatic heterocycles. The molecule has 1 rings (SSSR count). The summed E-state index contributed by atoms with van der Waals surface area (Å²) in [5, 5.41) is 2.75. The highest BCUT2D eigenvalue weighted by Crippen LogP contribution is 2.16. The van der Waals surface area contributed by atoms with Crippen LogP contribution < -0.4 is 5.32 Å². The SMILES string of the molecule is CC(=O)NC(C/C=C/c1ccccc1)(COC(C)=O)COC(C)=O. The van der Waals surface area contributed by atoms with Gasteiger partial charge in [0.1, 0.15) is 18.8 Å². The molecule has 0 atom stereocenters. The molecule has 1 amide bonds. The molecular formula is C18H23NO5. The van der Waals surface area contributed by atoms with E-state index in [0.717, 1.165) is 5.56 Å². The summed E-state index contributed by atoms with van der Waals surface area (Å²) in [6.07, 6.45) is 4.07. The third kappa shape index (κ3) is 7.58. The molecule has 1 aromatic rings. The van der Waals surface area contributed by atoms with Gasteiger partial charge in [0, 0.05) is 20.8 Å². The van der Waals surface area contributed by atoms with Gasteiger partial charge in [0.15, 0.2) is 0 Å². The lowest BCUT2D eigenvalue weighted by molar-refractivity contribution is -0.150. The largest absolute Gasteiger partial charge is 0.463 e. The van der Waals surface area contributed by atoms with Crippen LogP contribution in [0.15, 0.2) is 36.4 Å². The van der Waals surface area contributed by atoms with Crippen molar-refractivity contribution in [2.75, 3.05) is 13.2 Å². The normalized spacial score (nSPS) is 11.1. The predicted octanol–water partition coefficient (Wildman–Crippen LogP) is 2.09. The molecule has 24 heavy (non-hydrogen) atoms. The fourth-order valence-corrected chi connectivity index (χ4v) is 2.12. The first-order chi connectivity index (χ1) is 11.3. The number of esters is 2. The maximum absolute atomic E-state index is 11.6. The molecule has 0 saturated heterocycles. The lowest BCUT2D eigenvalue weighted by Gasteiger charge is -2.32. The molecule has 1 aromatic carbocycles. The van der Waals surface area contributed by atoms with E-state index in [2.05, 4.69) is 5.32 Å². The van der Waals surface area contributed by atoms with Gasteiger partial charge in [-0.05, 0) is 12.0 Å². The second-order valence-electron chi connectivity index (χ2n) is 5.54. The van der Waals surface area contributed by atoms with Crippen molar-refractivity contribution in [3.05, 3.63) is 42.0 Å². The van der Waals surface area contributed by atoms with Gasteiger partial charge >= 0.3 is 11.9 Å². The third-order valence-corrected chi connectivity index (χ3v) is 3.16. The van der Waals surface area contributed by atoms with Crippen molar-refractivity contribution in [2.24, 2.45) is 0 Å². The molecular weight excluding hydrogens is 310 g/mol. The number of hydrogen-bond donors (Lipinski definition) is 1. The zero-order valence-corrected chi connectivity index (χ0v) is 14.2. The lowest BCUT2D eigenvalue weighted by Crippen LogP contribution is -2.55. The molecule has 0 bridgehead atoms. The van der Waals surface area contributed by atoms with Crippen LogP contribution in [0, 0.1) is 0 Å². The van der Waals surface area contributed by atoms with Crippen molar-refractivity contribution >= 4 is 23.9 Å². The van der Waals surface area contributed by atoms with E-state index in [0.29, 0.717) is 6.42 Å². The zero-order valence-electron chi connectivity index (χ0n) is 14.2. The van der Waals surface area contributed by atoms with Crippen LogP contribution in [-0.2, 0) is 23.9 Å². The summed E-state index contributed by atoms with van der Waals surface area (Å²) in [4.78, 5) is 33.9. The summed E-state index contributed by atoms with van der Waals surface area (Å²) in [5.41, 5.74) is -0.0109. The second-order valence-corrected chi connectivity index (χ2v) is 5.54.